The van der Waals surface area contributed by atoms with Crippen molar-refractivity contribution in [3.63, 3.8) is 0 Å². The van der Waals surface area contributed by atoms with Gasteiger partial charge >= 0.3 is 5.97 Å². The normalized spacial score (nSPS) is 18.2. The van der Waals surface area contributed by atoms with Gasteiger partial charge in [-0.15, -0.1) is 0 Å². The average Bonchev–Trinajstić information content (AvgIpc) is 3.12. The number of carbonyl (C=O) groups excluding carboxylic acids is 1. The van der Waals surface area contributed by atoms with E-state index in [2.05, 4.69) is 0 Å². The zero-order valence-corrected chi connectivity index (χ0v) is 12.1. The molecule has 0 unspecified atom stereocenters. The van der Waals surface area contributed by atoms with Gasteiger partial charge in [-0.3, -0.25) is 0 Å². The summed E-state index contributed by atoms with van der Waals surface area (Å²) in [7, 11) is 1.65. The zero-order chi connectivity index (χ0) is 14.7. The Bertz CT molecular complexity index is 628. The molecule has 2 aromatic rings. The summed E-state index contributed by atoms with van der Waals surface area (Å²) in [6.45, 7) is 2.32. The van der Waals surface area contributed by atoms with Crippen LogP contribution in [0.1, 0.15) is 16.9 Å². The Balaban J connectivity index is 1.89. The SMILES string of the molecule is COCCn1c(C(=O)O[C@H]2CCOC2)cc2ccccc21. The minimum atomic E-state index is -0.294. The van der Waals surface area contributed by atoms with Crippen molar-refractivity contribution in [1.82, 2.24) is 4.57 Å². The lowest BCUT2D eigenvalue weighted by Gasteiger charge is -2.13. The van der Waals surface area contributed by atoms with Crippen molar-refractivity contribution < 1.29 is 19.0 Å². The van der Waals surface area contributed by atoms with Crippen LogP contribution in [-0.2, 0) is 20.8 Å². The maximum absolute atomic E-state index is 12.4. The first-order valence-corrected chi connectivity index (χ1v) is 7.15. The Hall–Kier alpha value is -1.85. The maximum atomic E-state index is 12.4. The van der Waals surface area contributed by atoms with Crippen LogP contribution in [0.25, 0.3) is 10.9 Å². The molecule has 0 N–H and O–H groups in total. The molecule has 2 heterocycles. The highest BCUT2D eigenvalue weighted by atomic mass is 16.6. The van der Waals surface area contributed by atoms with E-state index in [4.69, 9.17) is 14.2 Å². The van der Waals surface area contributed by atoms with Gasteiger partial charge in [-0.2, -0.15) is 0 Å². The molecule has 0 saturated carbocycles. The van der Waals surface area contributed by atoms with Crippen LogP contribution >= 0.6 is 0 Å². The van der Waals surface area contributed by atoms with Crippen molar-refractivity contribution in [2.45, 2.75) is 19.1 Å². The number of benzene rings is 1. The first kappa shape index (κ1) is 14.1. The van der Waals surface area contributed by atoms with Gasteiger partial charge in [0, 0.05) is 31.0 Å². The van der Waals surface area contributed by atoms with Crippen LogP contribution in [0.3, 0.4) is 0 Å². The summed E-state index contributed by atoms with van der Waals surface area (Å²) in [5.74, 6) is -0.294. The van der Waals surface area contributed by atoms with E-state index < -0.39 is 0 Å². The van der Waals surface area contributed by atoms with Crippen molar-refractivity contribution in [3.05, 3.63) is 36.0 Å². The van der Waals surface area contributed by atoms with Crippen LogP contribution in [-0.4, -0.2) is 43.6 Å². The summed E-state index contributed by atoms with van der Waals surface area (Å²) in [5, 5.41) is 1.03. The number of nitrogens with zero attached hydrogens (tertiary/aromatic N) is 1. The highest BCUT2D eigenvalue weighted by molar-refractivity contribution is 5.95. The predicted octanol–water partition coefficient (Wildman–Crippen LogP) is 2.23. The molecule has 1 aliphatic heterocycles. The van der Waals surface area contributed by atoms with Gasteiger partial charge in [-0.1, -0.05) is 18.2 Å². The summed E-state index contributed by atoms with van der Waals surface area (Å²) >= 11 is 0. The Labute approximate surface area is 123 Å². The lowest BCUT2D eigenvalue weighted by Crippen LogP contribution is -2.21. The molecule has 1 aromatic carbocycles. The number of methoxy groups -OCH3 is 1. The van der Waals surface area contributed by atoms with Crippen molar-refractivity contribution in [2.75, 3.05) is 26.9 Å². The molecular formula is C16H19NO4. The van der Waals surface area contributed by atoms with E-state index in [0.717, 1.165) is 17.3 Å². The minimum Gasteiger partial charge on any atom is -0.455 e. The summed E-state index contributed by atoms with van der Waals surface area (Å²) in [6, 6.07) is 9.80. The van der Waals surface area contributed by atoms with Gasteiger partial charge in [0.05, 0.1) is 19.8 Å². The average molecular weight is 289 g/mol. The number of hydrogen-bond donors (Lipinski definition) is 0. The third-order valence-electron chi connectivity index (χ3n) is 3.70. The monoisotopic (exact) mass is 289 g/mol. The summed E-state index contributed by atoms with van der Waals surface area (Å²) in [4.78, 5) is 12.4. The van der Waals surface area contributed by atoms with Crippen molar-refractivity contribution in [1.29, 1.82) is 0 Å². The van der Waals surface area contributed by atoms with Gasteiger partial charge in [-0.05, 0) is 12.1 Å². The van der Waals surface area contributed by atoms with E-state index in [1.54, 1.807) is 7.11 Å². The largest absolute Gasteiger partial charge is 0.455 e. The highest BCUT2D eigenvalue weighted by Gasteiger charge is 2.23. The van der Waals surface area contributed by atoms with Crippen LogP contribution in [0.2, 0.25) is 0 Å². The van der Waals surface area contributed by atoms with Gasteiger partial charge in [0.25, 0.3) is 0 Å². The van der Waals surface area contributed by atoms with E-state index in [0.29, 0.717) is 32.1 Å². The topological polar surface area (TPSA) is 49.7 Å². The molecule has 112 valence electrons. The first-order chi connectivity index (χ1) is 10.3. The van der Waals surface area contributed by atoms with Crippen LogP contribution in [0.4, 0.5) is 0 Å². The van der Waals surface area contributed by atoms with Crippen LogP contribution < -0.4 is 0 Å². The van der Waals surface area contributed by atoms with Crippen molar-refractivity contribution in [3.8, 4) is 0 Å². The number of carbonyl (C=O) groups is 1. The van der Waals surface area contributed by atoms with E-state index in [9.17, 15) is 4.79 Å². The van der Waals surface area contributed by atoms with Crippen molar-refractivity contribution in [2.24, 2.45) is 0 Å². The molecular weight excluding hydrogens is 270 g/mol. The molecule has 1 saturated heterocycles. The highest BCUT2D eigenvalue weighted by Crippen LogP contribution is 2.21. The summed E-state index contributed by atoms with van der Waals surface area (Å²) in [5.41, 5.74) is 1.59. The Morgan fingerprint density at radius 3 is 3.05 bits per heavy atom. The quantitative estimate of drug-likeness (QED) is 0.792. The number of aromatic nitrogens is 1. The van der Waals surface area contributed by atoms with Crippen LogP contribution in [0.15, 0.2) is 30.3 Å². The molecule has 21 heavy (non-hydrogen) atoms. The number of para-hydroxylation sites is 1. The van der Waals surface area contributed by atoms with Crippen LogP contribution in [0.5, 0.6) is 0 Å². The first-order valence-electron chi connectivity index (χ1n) is 7.15. The van der Waals surface area contributed by atoms with Crippen LogP contribution in [0, 0.1) is 0 Å². The smallest absolute Gasteiger partial charge is 0.355 e. The molecule has 0 aliphatic carbocycles. The molecule has 0 spiro atoms. The molecule has 3 rings (SSSR count). The van der Waals surface area contributed by atoms with E-state index in [-0.39, 0.29) is 12.1 Å². The third kappa shape index (κ3) is 2.94. The number of hydrogen-bond acceptors (Lipinski definition) is 4. The standard InChI is InChI=1S/C16H19NO4/c1-19-9-7-17-14-5-3-2-4-12(14)10-15(17)16(18)21-13-6-8-20-11-13/h2-5,10,13H,6-9,11H2,1H3/t13-/m0/s1. The van der Waals surface area contributed by atoms with E-state index in [1.807, 2.05) is 34.9 Å². The summed E-state index contributed by atoms with van der Waals surface area (Å²) < 4.78 is 17.9. The lowest BCUT2D eigenvalue weighted by atomic mass is 10.2. The van der Waals surface area contributed by atoms with Crippen molar-refractivity contribution >= 4 is 16.9 Å². The number of ether oxygens (including phenoxy) is 3. The molecule has 5 heteroatoms. The summed E-state index contributed by atoms with van der Waals surface area (Å²) in [6.07, 6.45) is 0.635. The van der Waals surface area contributed by atoms with Gasteiger partial charge in [0.2, 0.25) is 0 Å². The predicted molar refractivity (Wildman–Crippen MR) is 78.5 cm³/mol. The Kier molecular flexibility index (Phi) is 4.22. The molecule has 1 aliphatic rings. The molecule has 1 atom stereocenters. The Morgan fingerprint density at radius 1 is 1.43 bits per heavy atom. The molecule has 1 fully saturated rings. The third-order valence-corrected chi connectivity index (χ3v) is 3.70. The van der Waals surface area contributed by atoms with Gasteiger partial charge < -0.3 is 18.8 Å². The van der Waals surface area contributed by atoms with Gasteiger partial charge in [0.1, 0.15) is 11.8 Å². The second-order valence-electron chi connectivity index (χ2n) is 5.12. The molecule has 0 amide bonds. The molecule has 5 nitrogen and oxygen atoms in total. The minimum absolute atomic E-state index is 0.133. The molecule has 0 radical (unpaired) electrons. The second-order valence-corrected chi connectivity index (χ2v) is 5.12. The maximum Gasteiger partial charge on any atom is 0.355 e. The fourth-order valence-corrected chi connectivity index (χ4v) is 2.62. The molecule has 1 aromatic heterocycles. The lowest BCUT2D eigenvalue weighted by molar-refractivity contribution is 0.0258. The number of esters is 1. The van der Waals surface area contributed by atoms with Gasteiger partial charge in [-0.25, -0.2) is 4.79 Å². The Morgan fingerprint density at radius 2 is 2.29 bits per heavy atom. The number of rotatable bonds is 5. The second kappa shape index (κ2) is 6.28. The van der Waals surface area contributed by atoms with E-state index in [1.165, 1.54) is 0 Å². The van der Waals surface area contributed by atoms with E-state index >= 15 is 0 Å². The van der Waals surface area contributed by atoms with Gasteiger partial charge in [0.15, 0.2) is 0 Å². The number of fused-ring (bicyclic) bond motifs is 1. The fourth-order valence-electron chi connectivity index (χ4n) is 2.62. The zero-order valence-electron chi connectivity index (χ0n) is 12.1. The fraction of sp³-hybridized carbons (Fsp3) is 0.438. The molecule has 0 bridgehead atoms.